The van der Waals surface area contributed by atoms with Gasteiger partial charge in [0, 0.05) is 23.8 Å². The smallest absolute Gasteiger partial charge is 0.407 e. The molecule has 0 heterocycles. The molecular weight excluding hydrogens is 330 g/mol. The van der Waals surface area contributed by atoms with Crippen molar-refractivity contribution >= 4 is 11.8 Å². The maximum atomic E-state index is 12.3. The standard InChI is InChI=1S/C18H26F2N2O3/c1-18(2,3)25-17(23)22-13-9-7-12(8-10-13)21-14-5-4-6-15(11-14)24-16(19)20/h4-6,11-13,16,21H,7-10H2,1-3H3,(H,22,23). The Labute approximate surface area is 147 Å². The zero-order valence-corrected chi connectivity index (χ0v) is 14.9. The zero-order chi connectivity index (χ0) is 18.4. The lowest BCUT2D eigenvalue weighted by Crippen LogP contribution is -2.42. The fraction of sp³-hybridized carbons (Fsp3) is 0.611. The molecular formula is C18H26F2N2O3. The van der Waals surface area contributed by atoms with Crippen LogP contribution in [0.4, 0.5) is 19.3 Å². The van der Waals surface area contributed by atoms with Gasteiger partial charge in [-0.05, 0) is 58.6 Å². The lowest BCUT2D eigenvalue weighted by Gasteiger charge is -2.31. The Bertz CT molecular complexity index is 568. The number of carbonyl (C=O) groups is 1. The summed E-state index contributed by atoms with van der Waals surface area (Å²) in [5.74, 6) is 0.139. The number of carbonyl (C=O) groups excluding carboxylic acids is 1. The van der Waals surface area contributed by atoms with Crippen LogP contribution in [0.15, 0.2) is 24.3 Å². The zero-order valence-electron chi connectivity index (χ0n) is 14.9. The average Bonchev–Trinajstić information content (AvgIpc) is 2.47. The highest BCUT2D eigenvalue weighted by molar-refractivity contribution is 5.68. The molecule has 0 aliphatic heterocycles. The van der Waals surface area contributed by atoms with E-state index in [0.717, 1.165) is 31.4 Å². The van der Waals surface area contributed by atoms with Crippen molar-refractivity contribution in [3.8, 4) is 5.75 Å². The first-order chi connectivity index (χ1) is 11.7. The minimum absolute atomic E-state index is 0.0985. The van der Waals surface area contributed by atoms with E-state index < -0.39 is 12.2 Å². The summed E-state index contributed by atoms with van der Waals surface area (Å²) in [5.41, 5.74) is 0.246. The van der Waals surface area contributed by atoms with Gasteiger partial charge in [0.2, 0.25) is 0 Å². The van der Waals surface area contributed by atoms with E-state index in [1.54, 1.807) is 12.1 Å². The van der Waals surface area contributed by atoms with Crippen molar-refractivity contribution in [1.82, 2.24) is 5.32 Å². The van der Waals surface area contributed by atoms with Gasteiger partial charge in [0.25, 0.3) is 0 Å². The van der Waals surface area contributed by atoms with Crippen LogP contribution in [-0.2, 0) is 4.74 Å². The molecule has 140 valence electrons. The molecule has 1 aliphatic rings. The van der Waals surface area contributed by atoms with E-state index in [1.165, 1.54) is 6.07 Å². The summed E-state index contributed by atoms with van der Waals surface area (Å²) in [5, 5.41) is 6.24. The second-order valence-corrected chi connectivity index (χ2v) is 7.25. The summed E-state index contributed by atoms with van der Waals surface area (Å²) in [7, 11) is 0. The van der Waals surface area contributed by atoms with Crippen LogP contribution in [0.5, 0.6) is 5.75 Å². The lowest BCUT2D eigenvalue weighted by molar-refractivity contribution is -0.0498. The first-order valence-electron chi connectivity index (χ1n) is 8.52. The number of alkyl halides is 2. The van der Waals surface area contributed by atoms with Crippen molar-refractivity contribution in [2.24, 2.45) is 0 Å². The molecule has 0 saturated heterocycles. The van der Waals surface area contributed by atoms with Crippen LogP contribution in [0.25, 0.3) is 0 Å². The second kappa shape index (κ2) is 8.36. The van der Waals surface area contributed by atoms with Gasteiger partial charge >= 0.3 is 12.7 Å². The molecule has 1 amide bonds. The number of anilines is 1. The summed E-state index contributed by atoms with van der Waals surface area (Å²) >= 11 is 0. The van der Waals surface area contributed by atoms with Crippen molar-refractivity contribution in [2.45, 2.75) is 70.8 Å². The molecule has 0 unspecified atom stereocenters. The molecule has 1 aromatic carbocycles. The molecule has 0 spiro atoms. The van der Waals surface area contributed by atoms with Gasteiger partial charge in [-0.25, -0.2) is 4.79 Å². The van der Waals surface area contributed by atoms with Crippen LogP contribution in [0.1, 0.15) is 46.5 Å². The van der Waals surface area contributed by atoms with Crippen LogP contribution in [0.3, 0.4) is 0 Å². The number of halogens is 2. The molecule has 1 fully saturated rings. The van der Waals surface area contributed by atoms with E-state index in [-0.39, 0.29) is 23.9 Å². The van der Waals surface area contributed by atoms with Gasteiger partial charge in [0.1, 0.15) is 11.4 Å². The third-order valence-electron chi connectivity index (χ3n) is 3.88. The maximum Gasteiger partial charge on any atom is 0.407 e. The minimum Gasteiger partial charge on any atom is -0.444 e. The topological polar surface area (TPSA) is 59.6 Å². The first-order valence-corrected chi connectivity index (χ1v) is 8.52. The summed E-state index contributed by atoms with van der Waals surface area (Å²) in [6.45, 7) is 2.67. The van der Waals surface area contributed by atoms with Crippen LogP contribution in [0, 0.1) is 0 Å². The summed E-state index contributed by atoms with van der Waals surface area (Å²) in [6, 6.07) is 6.90. The fourth-order valence-electron chi connectivity index (χ4n) is 2.85. The number of ether oxygens (including phenoxy) is 2. The number of alkyl carbamates (subject to hydrolysis) is 1. The Morgan fingerprint density at radius 2 is 1.80 bits per heavy atom. The van der Waals surface area contributed by atoms with E-state index in [1.807, 2.05) is 26.8 Å². The van der Waals surface area contributed by atoms with E-state index in [9.17, 15) is 13.6 Å². The highest BCUT2D eigenvalue weighted by atomic mass is 19.3. The molecule has 1 saturated carbocycles. The Hall–Kier alpha value is -2.05. The van der Waals surface area contributed by atoms with Crippen LogP contribution < -0.4 is 15.4 Å². The van der Waals surface area contributed by atoms with Crippen LogP contribution in [-0.4, -0.2) is 30.4 Å². The van der Waals surface area contributed by atoms with E-state index in [4.69, 9.17) is 4.74 Å². The van der Waals surface area contributed by atoms with Gasteiger partial charge < -0.3 is 20.1 Å². The number of amides is 1. The van der Waals surface area contributed by atoms with Crippen molar-refractivity contribution in [1.29, 1.82) is 0 Å². The fourth-order valence-corrected chi connectivity index (χ4v) is 2.85. The highest BCUT2D eigenvalue weighted by Crippen LogP contribution is 2.25. The second-order valence-electron chi connectivity index (χ2n) is 7.25. The molecule has 1 aromatic rings. The SMILES string of the molecule is CC(C)(C)OC(=O)NC1CCC(Nc2cccc(OC(F)F)c2)CC1. The third kappa shape index (κ3) is 7.15. The predicted octanol–water partition coefficient (Wildman–Crippen LogP) is 4.54. The molecule has 2 rings (SSSR count). The number of hydrogen-bond acceptors (Lipinski definition) is 4. The Kier molecular flexibility index (Phi) is 6.45. The van der Waals surface area contributed by atoms with Crippen molar-refractivity contribution < 1.29 is 23.0 Å². The van der Waals surface area contributed by atoms with Gasteiger partial charge in [0.15, 0.2) is 0 Å². The molecule has 0 bridgehead atoms. The molecule has 1 aliphatic carbocycles. The van der Waals surface area contributed by atoms with Gasteiger partial charge in [-0.15, -0.1) is 0 Å². The molecule has 25 heavy (non-hydrogen) atoms. The minimum atomic E-state index is -2.83. The number of nitrogens with one attached hydrogen (secondary N) is 2. The van der Waals surface area contributed by atoms with Crippen LogP contribution in [0.2, 0.25) is 0 Å². The molecule has 2 N–H and O–H groups in total. The van der Waals surface area contributed by atoms with Gasteiger partial charge in [0.05, 0.1) is 0 Å². The third-order valence-corrected chi connectivity index (χ3v) is 3.88. The first kappa shape index (κ1) is 19.3. The van der Waals surface area contributed by atoms with E-state index in [0.29, 0.717) is 0 Å². The molecule has 0 atom stereocenters. The quantitative estimate of drug-likeness (QED) is 0.813. The van der Waals surface area contributed by atoms with Gasteiger partial charge in [-0.1, -0.05) is 6.07 Å². The van der Waals surface area contributed by atoms with Crippen LogP contribution >= 0.6 is 0 Å². The molecule has 0 radical (unpaired) electrons. The molecule has 5 nitrogen and oxygen atoms in total. The van der Waals surface area contributed by atoms with Gasteiger partial charge in [-0.2, -0.15) is 8.78 Å². The van der Waals surface area contributed by atoms with E-state index in [2.05, 4.69) is 15.4 Å². The van der Waals surface area contributed by atoms with E-state index >= 15 is 0 Å². The monoisotopic (exact) mass is 356 g/mol. The summed E-state index contributed by atoms with van der Waals surface area (Å²) < 4.78 is 34.2. The van der Waals surface area contributed by atoms with Crippen molar-refractivity contribution in [3.63, 3.8) is 0 Å². The Morgan fingerprint density at radius 1 is 1.16 bits per heavy atom. The Morgan fingerprint density at radius 3 is 2.40 bits per heavy atom. The summed E-state index contributed by atoms with van der Waals surface area (Å²) in [6.07, 6.45) is 3.04. The lowest BCUT2D eigenvalue weighted by atomic mass is 9.91. The largest absolute Gasteiger partial charge is 0.444 e. The van der Waals surface area contributed by atoms with Gasteiger partial charge in [-0.3, -0.25) is 0 Å². The Balaban J connectivity index is 1.78. The molecule has 0 aromatic heterocycles. The van der Waals surface area contributed by atoms with Crippen molar-refractivity contribution in [2.75, 3.05) is 5.32 Å². The number of rotatable bonds is 5. The number of hydrogen-bond donors (Lipinski definition) is 2. The maximum absolute atomic E-state index is 12.3. The van der Waals surface area contributed by atoms with Crippen molar-refractivity contribution in [3.05, 3.63) is 24.3 Å². The predicted molar refractivity (Wildman–Crippen MR) is 92.1 cm³/mol. The highest BCUT2D eigenvalue weighted by Gasteiger charge is 2.24. The number of benzene rings is 1. The normalized spacial score (nSPS) is 20.9. The molecule has 7 heteroatoms. The summed E-state index contributed by atoms with van der Waals surface area (Å²) in [4.78, 5) is 11.8. The average molecular weight is 356 g/mol.